The van der Waals surface area contributed by atoms with Crippen molar-refractivity contribution in [1.82, 2.24) is 0 Å². The molecule has 0 aromatic heterocycles. The van der Waals surface area contributed by atoms with Crippen LogP contribution < -0.4 is 10.1 Å². The van der Waals surface area contributed by atoms with Crippen LogP contribution in [0.25, 0.3) is 0 Å². The maximum Gasteiger partial charge on any atom is 0.120 e. The number of anilines is 1. The predicted molar refractivity (Wildman–Crippen MR) is 62.4 cm³/mol. The summed E-state index contributed by atoms with van der Waals surface area (Å²) in [5, 5.41) is 13.0. The molecule has 0 amide bonds. The Hall–Kier alpha value is -1.22. The zero-order valence-electron chi connectivity index (χ0n) is 9.58. The average molecular weight is 209 g/mol. The molecule has 1 aromatic rings. The highest BCUT2D eigenvalue weighted by Gasteiger charge is 2.16. The van der Waals surface area contributed by atoms with Gasteiger partial charge in [-0.05, 0) is 25.5 Å². The molecule has 3 nitrogen and oxygen atoms in total. The van der Waals surface area contributed by atoms with E-state index >= 15 is 0 Å². The van der Waals surface area contributed by atoms with E-state index in [0.717, 1.165) is 17.9 Å². The molecule has 0 bridgehead atoms. The Kier molecular flexibility index (Phi) is 3.97. The summed E-state index contributed by atoms with van der Waals surface area (Å²) in [6, 6.07) is 7.67. The second-order valence-electron chi connectivity index (χ2n) is 3.94. The Labute approximate surface area is 91.1 Å². The number of ether oxygens (including phenoxy) is 1. The molecule has 1 unspecified atom stereocenters. The monoisotopic (exact) mass is 209 g/mol. The van der Waals surface area contributed by atoms with Gasteiger partial charge in [-0.15, -0.1) is 0 Å². The second-order valence-corrected chi connectivity index (χ2v) is 3.94. The van der Waals surface area contributed by atoms with Gasteiger partial charge in [0.1, 0.15) is 5.75 Å². The van der Waals surface area contributed by atoms with Crippen LogP contribution in [0.2, 0.25) is 0 Å². The summed E-state index contributed by atoms with van der Waals surface area (Å²) in [5.41, 5.74) is 0.298. The smallest absolute Gasteiger partial charge is 0.120 e. The first-order valence-electron chi connectivity index (χ1n) is 5.18. The van der Waals surface area contributed by atoms with Crippen molar-refractivity contribution in [1.29, 1.82) is 0 Å². The van der Waals surface area contributed by atoms with Crippen LogP contribution in [-0.2, 0) is 0 Å². The average Bonchev–Trinajstić information content (AvgIpc) is 2.27. The highest BCUT2D eigenvalue weighted by Crippen LogP contribution is 2.18. The van der Waals surface area contributed by atoms with Gasteiger partial charge in [0, 0.05) is 18.3 Å². The zero-order valence-corrected chi connectivity index (χ0v) is 9.58. The molecule has 1 atom stereocenters. The molecule has 0 aliphatic carbocycles. The lowest BCUT2D eigenvalue weighted by Gasteiger charge is -2.22. The summed E-state index contributed by atoms with van der Waals surface area (Å²) in [7, 11) is 1.64. The molecular formula is C12H19NO2. The van der Waals surface area contributed by atoms with Gasteiger partial charge < -0.3 is 15.2 Å². The molecule has 0 radical (unpaired) electrons. The highest BCUT2D eigenvalue weighted by atomic mass is 16.5. The van der Waals surface area contributed by atoms with Gasteiger partial charge in [-0.2, -0.15) is 0 Å². The number of methoxy groups -OCH3 is 1. The Bertz CT molecular complexity index is 310. The van der Waals surface area contributed by atoms with Crippen LogP contribution in [0.4, 0.5) is 5.69 Å². The molecule has 84 valence electrons. The van der Waals surface area contributed by atoms with Gasteiger partial charge in [0.05, 0.1) is 12.7 Å². The zero-order chi connectivity index (χ0) is 11.3. The van der Waals surface area contributed by atoms with E-state index in [4.69, 9.17) is 4.74 Å². The van der Waals surface area contributed by atoms with Crippen molar-refractivity contribution >= 4 is 5.69 Å². The lowest BCUT2D eigenvalue weighted by Crippen LogP contribution is -2.32. The molecule has 3 heteroatoms. The third-order valence-corrected chi connectivity index (χ3v) is 2.50. The second kappa shape index (κ2) is 5.03. The maximum absolute atomic E-state index is 9.82. The van der Waals surface area contributed by atoms with Gasteiger partial charge in [0.2, 0.25) is 0 Å². The summed E-state index contributed by atoms with van der Waals surface area (Å²) in [5.74, 6) is 0.816. The van der Waals surface area contributed by atoms with Gasteiger partial charge in [-0.25, -0.2) is 0 Å². The Morgan fingerprint density at radius 3 is 2.80 bits per heavy atom. The van der Waals surface area contributed by atoms with Crippen LogP contribution in [0, 0.1) is 0 Å². The molecule has 1 aromatic carbocycles. The van der Waals surface area contributed by atoms with E-state index in [2.05, 4.69) is 5.32 Å². The van der Waals surface area contributed by atoms with Crippen molar-refractivity contribution in [3.63, 3.8) is 0 Å². The summed E-state index contributed by atoms with van der Waals surface area (Å²) in [4.78, 5) is 0. The van der Waals surface area contributed by atoms with Crippen LogP contribution in [0.15, 0.2) is 24.3 Å². The van der Waals surface area contributed by atoms with Gasteiger partial charge >= 0.3 is 0 Å². The predicted octanol–water partition coefficient (Wildman–Crippen LogP) is 2.27. The molecule has 0 aliphatic heterocycles. The van der Waals surface area contributed by atoms with E-state index in [1.165, 1.54) is 0 Å². The van der Waals surface area contributed by atoms with Crippen LogP contribution in [-0.4, -0.2) is 24.4 Å². The summed E-state index contributed by atoms with van der Waals surface area (Å²) in [6.07, 6.45) is 0.726. The molecule has 0 spiro atoms. The van der Waals surface area contributed by atoms with Gasteiger partial charge in [-0.3, -0.25) is 0 Å². The van der Waals surface area contributed by atoms with Crippen molar-refractivity contribution in [2.24, 2.45) is 0 Å². The van der Waals surface area contributed by atoms with Crippen molar-refractivity contribution < 1.29 is 9.84 Å². The van der Waals surface area contributed by atoms with E-state index < -0.39 is 5.60 Å². The Morgan fingerprint density at radius 2 is 2.20 bits per heavy atom. The quantitative estimate of drug-likeness (QED) is 0.781. The minimum absolute atomic E-state index is 0.538. The fourth-order valence-corrected chi connectivity index (χ4v) is 1.15. The summed E-state index contributed by atoms with van der Waals surface area (Å²) in [6.45, 7) is 4.32. The fourth-order valence-electron chi connectivity index (χ4n) is 1.15. The Balaban J connectivity index is 2.57. The minimum atomic E-state index is -0.664. The van der Waals surface area contributed by atoms with Gasteiger partial charge in [0.15, 0.2) is 0 Å². The van der Waals surface area contributed by atoms with E-state index in [1.54, 1.807) is 7.11 Å². The first-order chi connectivity index (χ1) is 7.07. The first-order valence-corrected chi connectivity index (χ1v) is 5.18. The standard InChI is InChI=1S/C12H19NO2/c1-4-12(2,14)9-13-10-6-5-7-11(8-10)15-3/h5-8,13-14H,4,9H2,1-3H3. The maximum atomic E-state index is 9.82. The van der Waals surface area contributed by atoms with E-state index in [9.17, 15) is 5.11 Å². The SMILES string of the molecule is CCC(C)(O)CNc1cccc(OC)c1. The summed E-state index contributed by atoms with van der Waals surface area (Å²) >= 11 is 0. The third-order valence-electron chi connectivity index (χ3n) is 2.50. The van der Waals surface area contributed by atoms with E-state index in [-0.39, 0.29) is 0 Å². The molecule has 0 fully saturated rings. The largest absolute Gasteiger partial charge is 0.497 e. The topological polar surface area (TPSA) is 41.5 Å². The summed E-state index contributed by atoms with van der Waals surface area (Å²) < 4.78 is 5.11. The highest BCUT2D eigenvalue weighted by molar-refractivity contribution is 5.48. The fraction of sp³-hybridized carbons (Fsp3) is 0.500. The molecule has 15 heavy (non-hydrogen) atoms. The van der Waals surface area contributed by atoms with Crippen LogP contribution >= 0.6 is 0 Å². The van der Waals surface area contributed by atoms with Crippen molar-refractivity contribution in [2.75, 3.05) is 19.0 Å². The first kappa shape index (κ1) is 11.9. The van der Waals surface area contributed by atoms with Gasteiger partial charge in [-0.1, -0.05) is 13.0 Å². The number of rotatable bonds is 5. The van der Waals surface area contributed by atoms with Crippen molar-refractivity contribution in [2.45, 2.75) is 25.9 Å². The number of nitrogens with one attached hydrogen (secondary N) is 1. The number of benzene rings is 1. The molecule has 0 saturated carbocycles. The van der Waals surface area contributed by atoms with E-state index in [0.29, 0.717) is 6.54 Å². The van der Waals surface area contributed by atoms with Crippen molar-refractivity contribution in [3.05, 3.63) is 24.3 Å². The van der Waals surface area contributed by atoms with Crippen molar-refractivity contribution in [3.8, 4) is 5.75 Å². The minimum Gasteiger partial charge on any atom is -0.497 e. The Morgan fingerprint density at radius 1 is 1.47 bits per heavy atom. The third kappa shape index (κ3) is 3.80. The number of hydrogen-bond acceptors (Lipinski definition) is 3. The van der Waals surface area contributed by atoms with Crippen LogP contribution in [0.5, 0.6) is 5.75 Å². The van der Waals surface area contributed by atoms with Crippen LogP contribution in [0.1, 0.15) is 20.3 Å². The molecule has 0 saturated heterocycles. The molecule has 0 aliphatic rings. The van der Waals surface area contributed by atoms with Gasteiger partial charge in [0.25, 0.3) is 0 Å². The molecule has 2 N–H and O–H groups in total. The molecule has 0 heterocycles. The lowest BCUT2D eigenvalue weighted by atomic mass is 10.0. The number of hydrogen-bond donors (Lipinski definition) is 2. The molecular weight excluding hydrogens is 190 g/mol. The van der Waals surface area contributed by atoms with E-state index in [1.807, 2.05) is 38.1 Å². The lowest BCUT2D eigenvalue weighted by molar-refractivity contribution is 0.0697. The normalized spacial score (nSPS) is 14.4. The van der Waals surface area contributed by atoms with Crippen LogP contribution in [0.3, 0.4) is 0 Å². The number of aliphatic hydroxyl groups is 1. The molecule has 1 rings (SSSR count).